The van der Waals surface area contributed by atoms with Crippen LogP contribution in [0.25, 0.3) is 0 Å². The van der Waals surface area contributed by atoms with Gasteiger partial charge in [0.1, 0.15) is 27.3 Å². The minimum atomic E-state index is -0.664. The summed E-state index contributed by atoms with van der Waals surface area (Å²) in [6.07, 6.45) is 2.42. The van der Waals surface area contributed by atoms with Crippen LogP contribution in [0.3, 0.4) is 0 Å². The number of thioether (sulfide) groups is 1. The number of hydrogen-bond donors (Lipinski definition) is 2. The zero-order chi connectivity index (χ0) is 34.3. The smallest absolute Gasteiger partial charge is 0.341 e. The zero-order valence-electron chi connectivity index (χ0n) is 27.4. The molecule has 1 aliphatic rings. The van der Waals surface area contributed by atoms with Crippen molar-refractivity contribution in [2.24, 2.45) is 0 Å². The van der Waals surface area contributed by atoms with Gasteiger partial charge in [-0.05, 0) is 72.2 Å². The molecule has 1 aliphatic carbocycles. The second kappa shape index (κ2) is 15.4. The van der Waals surface area contributed by atoms with E-state index in [2.05, 4.69) is 22.8 Å². The second-order valence-corrected chi connectivity index (χ2v) is 13.8. The van der Waals surface area contributed by atoms with E-state index in [4.69, 9.17) is 14.2 Å². The molecule has 49 heavy (non-hydrogen) atoms. The van der Waals surface area contributed by atoms with E-state index in [1.807, 2.05) is 66.7 Å². The third-order valence-electron chi connectivity index (χ3n) is 8.50. The minimum Gasteiger partial charge on any atom is -0.496 e. The highest BCUT2D eigenvalue weighted by atomic mass is 32.2. The van der Waals surface area contributed by atoms with Crippen LogP contribution in [-0.4, -0.2) is 39.1 Å². The molecule has 2 unspecified atom stereocenters. The van der Waals surface area contributed by atoms with Crippen molar-refractivity contribution >= 4 is 51.6 Å². The predicted molar refractivity (Wildman–Crippen MR) is 194 cm³/mol. The van der Waals surface area contributed by atoms with Crippen molar-refractivity contribution in [2.75, 3.05) is 32.0 Å². The Labute approximate surface area is 293 Å². The van der Waals surface area contributed by atoms with Crippen molar-refractivity contribution in [3.8, 4) is 11.5 Å². The highest BCUT2D eigenvalue weighted by molar-refractivity contribution is 8.00. The van der Waals surface area contributed by atoms with Crippen LogP contribution >= 0.6 is 23.1 Å². The van der Waals surface area contributed by atoms with Crippen molar-refractivity contribution in [1.29, 1.82) is 0 Å². The largest absolute Gasteiger partial charge is 0.496 e. The average Bonchev–Trinajstić information content (AvgIpc) is 3.50. The van der Waals surface area contributed by atoms with Gasteiger partial charge in [-0.15, -0.1) is 23.1 Å². The number of amides is 2. The molecule has 0 saturated carbocycles. The number of nitrogens with one attached hydrogen (secondary N) is 2. The first-order chi connectivity index (χ1) is 23.9. The van der Waals surface area contributed by atoms with Crippen molar-refractivity contribution in [3.63, 3.8) is 0 Å². The SMILES string of the molecule is COC(=O)c1c(NC(=O)C(Sc2cccc(NC(=O)c3c(OC)cccc3OC)c2)c2ccccc2)sc2c1CCC(c1ccccc1)C2. The predicted octanol–water partition coefficient (Wildman–Crippen LogP) is 8.55. The van der Waals surface area contributed by atoms with Gasteiger partial charge in [0, 0.05) is 15.5 Å². The molecule has 2 amide bonds. The molecule has 0 saturated heterocycles. The summed E-state index contributed by atoms with van der Waals surface area (Å²) >= 11 is 2.80. The van der Waals surface area contributed by atoms with Gasteiger partial charge in [0.2, 0.25) is 5.91 Å². The van der Waals surface area contributed by atoms with E-state index in [9.17, 15) is 14.4 Å². The van der Waals surface area contributed by atoms with Crippen LogP contribution in [0.2, 0.25) is 0 Å². The molecule has 0 radical (unpaired) electrons. The summed E-state index contributed by atoms with van der Waals surface area (Å²) in [7, 11) is 4.36. The van der Waals surface area contributed by atoms with E-state index in [1.165, 1.54) is 50.0 Å². The highest BCUT2D eigenvalue weighted by Crippen LogP contribution is 2.44. The summed E-state index contributed by atoms with van der Waals surface area (Å²) in [5.74, 6) is 0.00429. The van der Waals surface area contributed by atoms with Gasteiger partial charge in [-0.25, -0.2) is 4.79 Å². The lowest BCUT2D eigenvalue weighted by atomic mass is 9.83. The van der Waals surface area contributed by atoms with Crippen molar-refractivity contribution in [1.82, 2.24) is 0 Å². The monoisotopic (exact) mass is 692 g/mol. The number of benzene rings is 4. The maximum absolute atomic E-state index is 14.2. The first-order valence-corrected chi connectivity index (χ1v) is 17.5. The number of thiophene rings is 1. The molecule has 250 valence electrons. The Hall–Kier alpha value is -5.06. The number of rotatable bonds is 11. The lowest BCUT2D eigenvalue weighted by Gasteiger charge is -2.22. The molecule has 2 N–H and O–H groups in total. The summed E-state index contributed by atoms with van der Waals surface area (Å²) in [5, 5.41) is 5.89. The molecule has 1 heterocycles. The van der Waals surface area contributed by atoms with Crippen molar-refractivity contribution in [3.05, 3.63) is 136 Å². The number of esters is 1. The Morgan fingerprint density at radius 2 is 1.47 bits per heavy atom. The zero-order valence-corrected chi connectivity index (χ0v) is 29.0. The minimum absolute atomic E-state index is 0.271. The number of fused-ring (bicyclic) bond motifs is 1. The fourth-order valence-electron chi connectivity index (χ4n) is 6.13. The molecule has 5 aromatic rings. The number of methoxy groups -OCH3 is 3. The van der Waals surface area contributed by atoms with Crippen LogP contribution < -0.4 is 20.1 Å². The number of anilines is 2. The van der Waals surface area contributed by atoms with E-state index < -0.39 is 11.2 Å². The normalized spacial score (nSPS) is 14.2. The molecule has 0 aliphatic heterocycles. The van der Waals surface area contributed by atoms with Gasteiger partial charge in [0.15, 0.2) is 0 Å². The third-order valence-corrected chi connectivity index (χ3v) is 10.9. The summed E-state index contributed by atoms with van der Waals surface area (Å²) < 4.78 is 16.0. The Morgan fingerprint density at radius 3 is 2.14 bits per heavy atom. The van der Waals surface area contributed by atoms with Crippen LogP contribution in [0.4, 0.5) is 10.7 Å². The average molecular weight is 693 g/mol. The summed E-state index contributed by atoms with van der Waals surface area (Å²) in [6, 6.07) is 32.3. The fourth-order valence-corrected chi connectivity index (χ4v) is 8.53. The molecule has 0 bridgehead atoms. The Bertz CT molecular complexity index is 1940. The van der Waals surface area contributed by atoms with E-state index in [1.54, 1.807) is 24.3 Å². The van der Waals surface area contributed by atoms with Crippen LogP contribution in [0, 0.1) is 0 Å². The number of hydrogen-bond acceptors (Lipinski definition) is 8. The topological polar surface area (TPSA) is 103 Å². The Balaban J connectivity index is 1.26. The molecular weight excluding hydrogens is 657 g/mol. The van der Waals surface area contributed by atoms with Crippen molar-refractivity contribution < 1.29 is 28.6 Å². The number of carbonyl (C=O) groups is 3. The van der Waals surface area contributed by atoms with E-state index in [0.29, 0.717) is 33.7 Å². The second-order valence-electron chi connectivity index (χ2n) is 11.5. The molecule has 8 nitrogen and oxygen atoms in total. The lowest BCUT2D eigenvalue weighted by Crippen LogP contribution is -2.20. The molecular formula is C39H36N2O6S2. The van der Waals surface area contributed by atoms with Gasteiger partial charge in [0.05, 0.1) is 26.9 Å². The molecule has 4 aromatic carbocycles. The standard InChI is InChI=1S/C39H36N2O6S2/c1-45-30-18-11-19-31(46-2)34(30)36(42)40-27-16-10-17-28(23-27)48-35(25-14-8-5-9-15-25)37(43)41-38-33(39(44)47-3)29-21-20-26(22-32(29)49-38)24-12-6-4-7-13-24/h4-19,23,26,35H,20-22H2,1-3H3,(H,40,42)(H,41,43). The lowest BCUT2D eigenvalue weighted by molar-refractivity contribution is -0.115. The molecule has 1 aromatic heterocycles. The number of carbonyl (C=O) groups excluding carboxylic acids is 3. The molecule has 6 rings (SSSR count). The quantitative estimate of drug-likeness (QED) is 0.106. The summed E-state index contributed by atoms with van der Waals surface area (Å²) in [6.45, 7) is 0. The first kappa shape index (κ1) is 33.8. The molecule has 10 heteroatoms. The number of ether oxygens (including phenoxy) is 3. The van der Waals surface area contributed by atoms with E-state index >= 15 is 0 Å². The van der Waals surface area contributed by atoms with E-state index in [-0.39, 0.29) is 17.4 Å². The third kappa shape index (κ3) is 7.50. The van der Waals surface area contributed by atoms with E-state index in [0.717, 1.165) is 40.2 Å². The van der Waals surface area contributed by atoms with Gasteiger partial charge in [0.25, 0.3) is 5.91 Å². The van der Waals surface area contributed by atoms with Gasteiger partial charge in [-0.3, -0.25) is 9.59 Å². The first-order valence-electron chi connectivity index (χ1n) is 15.8. The van der Waals surface area contributed by atoms with Crippen LogP contribution in [0.15, 0.2) is 108 Å². The van der Waals surface area contributed by atoms with Crippen LogP contribution in [0.1, 0.15) is 59.9 Å². The summed E-state index contributed by atoms with van der Waals surface area (Å²) in [4.78, 5) is 42.5. The maximum atomic E-state index is 14.2. The molecule has 0 spiro atoms. The fraction of sp³-hybridized carbons (Fsp3) is 0.205. The van der Waals surface area contributed by atoms with Crippen molar-refractivity contribution in [2.45, 2.75) is 35.3 Å². The molecule has 2 atom stereocenters. The van der Waals surface area contributed by atoms with Gasteiger partial charge in [-0.1, -0.05) is 72.8 Å². The summed E-state index contributed by atoms with van der Waals surface area (Å²) in [5.41, 5.74) is 4.29. The van der Waals surface area contributed by atoms with Crippen LogP contribution in [-0.2, 0) is 22.4 Å². The Kier molecular flexibility index (Phi) is 10.7. The maximum Gasteiger partial charge on any atom is 0.341 e. The highest BCUT2D eigenvalue weighted by Gasteiger charge is 2.32. The van der Waals surface area contributed by atoms with Gasteiger partial charge >= 0.3 is 5.97 Å². The van der Waals surface area contributed by atoms with Gasteiger partial charge < -0.3 is 24.8 Å². The molecule has 0 fully saturated rings. The van der Waals surface area contributed by atoms with Crippen LogP contribution in [0.5, 0.6) is 11.5 Å². The van der Waals surface area contributed by atoms with Gasteiger partial charge in [-0.2, -0.15) is 0 Å². The Morgan fingerprint density at radius 1 is 0.796 bits per heavy atom.